The van der Waals surface area contributed by atoms with E-state index in [0.29, 0.717) is 30.9 Å². The highest BCUT2D eigenvalue weighted by atomic mass is 16.6. The van der Waals surface area contributed by atoms with Gasteiger partial charge in [0.25, 0.3) is 5.69 Å². The van der Waals surface area contributed by atoms with Gasteiger partial charge in [0.1, 0.15) is 0 Å². The van der Waals surface area contributed by atoms with Crippen molar-refractivity contribution < 1.29 is 14.8 Å². The lowest BCUT2D eigenvalue weighted by Gasteiger charge is -2.18. The van der Waals surface area contributed by atoms with Crippen molar-refractivity contribution in [1.29, 1.82) is 0 Å². The van der Waals surface area contributed by atoms with E-state index in [9.17, 15) is 10.1 Å². The summed E-state index contributed by atoms with van der Waals surface area (Å²) in [4.78, 5) is 10.5. The molecule has 0 saturated heterocycles. The predicted molar refractivity (Wildman–Crippen MR) is 78.2 cm³/mol. The first-order chi connectivity index (χ1) is 9.60. The lowest BCUT2D eigenvalue weighted by Crippen LogP contribution is -2.26. The average molecular weight is 283 g/mol. The number of ether oxygens (including phenoxy) is 1. The lowest BCUT2D eigenvalue weighted by atomic mass is 10.2. The maximum atomic E-state index is 10.9. The maximum Gasteiger partial charge on any atom is 0.273 e. The van der Waals surface area contributed by atoms with Crippen LogP contribution in [0.3, 0.4) is 0 Å². The summed E-state index contributed by atoms with van der Waals surface area (Å²) in [5, 5.41) is 26.1. The van der Waals surface area contributed by atoms with Crippen molar-refractivity contribution in [1.82, 2.24) is 0 Å². The SMILES string of the molecule is CCNc1cc(NC(CCO)COC)cc([N+](=O)[O-])c1. The van der Waals surface area contributed by atoms with Crippen LogP contribution >= 0.6 is 0 Å². The number of benzene rings is 1. The van der Waals surface area contributed by atoms with E-state index in [-0.39, 0.29) is 18.3 Å². The van der Waals surface area contributed by atoms with Gasteiger partial charge in [-0.2, -0.15) is 0 Å². The van der Waals surface area contributed by atoms with Crippen LogP contribution in [-0.4, -0.2) is 42.9 Å². The van der Waals surface area contributed by atoms with E-state index in [1.165, 1.54) is 12.1 Å². The molecule has 0 saturated carbocycles. The van der Waals surface area contributed by atoms with Crippen molar-refractivity contribution in [2.75, 3.05) is 37.5 Å². The molecule has 20 heavy (non-hydrogen) atoms. The summed E-state index contributed by atoms with van der Waals surface area (Å²) in [6.07, 6.45) is 0.507. The van der Waals surface area contributed by atoms with Crippen molar-refractivity contribution in [3.05, 3.63) is 28.3 Å². The van der Waals surface area contributed by atoms with Gasteiger partial charge in [0.05, 0.1) is 17.6 Å². The largest absolute Gasteiger partial charge is 0.396 e. The number of nitrogens with zero attached hydrogens (tertiary/aromatic N) is 1. The molecule has 0 aliphatic heterocycles. The molecule has 1 rings (SSSR count). The molecule has 0 aromatic heterocycles. The molecule has 1 aromatic rings. The molecule has 1 aromatic carbocycles. The predicted octanol–water partition coefficient (Wildman–Crippen LogP) is 1.84. The Balaban J connectivity index is 2.93. The molecule has 7 nitrogen and oxygen atoms in total. The number of nitrogens with one attached hydrogen (secondary N) is 2. The van der Waals surface area contributed by atoms with Gasteiger partial charge in [-0.05, 0) is 19.4 Å². The number of rotatable bonds is 9. The third-order valence-corrected chi connectivity index (χ3v) is 2.73. The number of hydrogen-bond acceptors (Lipinski definition) is 6. The molecule has 7 heteroatoms. The van der Waals surface area contributed by atoms with E-state index in [0.717, 1.165) is 0 Å². The number of anilines is 2. The molecule has 0 amide bonds. The Bertz CT molecular complexity index is 434. The van der Waals surface area contributed by atoms with E-state index >= 15 is 0 Å². The van der Waals surface area contributed by atoms with Gasteiger partial charge in [0, 0.05) is 43.8 Å². The van der Waals surface area contributed by atoms with Gasteiger partial charge in [0.2, 0.25) is 0 Å². The number of methoxy groups -OCH3 is 1. The monoisotopic (exact) mass is 283 g/mol. The first kappa shape index (κ1) is 16.2. The van der Waals surface area contributed by atoms with E-state index in [4.69, 9.17) is 9.84 Å². The van der Waals surface area contributed by atoms with Crippen LogP contribution in [0.15, 0.2) is 18.2 Å². The standard InChI is InChI=1S/C13H21N3O4/c1-3-14-11-6-12(8-13(7-11)16(18)19)15-10(4-5-17)9-20-2/h6-8,10,14-15,17H,3-5,9H2,1-2H3. The second kappa shape index (κ2) is 8.34. The summed E-state index contributed by atoms with van der Waals surface area (Å²) in [5.41, 5.74) is 1.33. The fraction of sp³-hybridized carbons (Fsp3) is 0.538. The molecule has 1 unspecified atom stereocenters. The molecule has 1 atom stereocenters. The normalized spacial score (nSPS) is 11.9. The Morgan fingerprint density at radius 1 is 1.40 bits per heavy atom. The minimum atomic E-state index is -0.427. The van der Waals surface area contributed by atoms with Gasteiger partial charge >= 0.3 is 0 Å². The number of aliphatic hydroxyl groups excluding tert-OH is 1. The minimum Gasteiger partial charge on any atom is -0.396 e. The summed E-state index contributed by atoms with van der Waals surface area (Å²) in [6, 6.07) is 4.67. The molecule has 0 heterocycles. The lowest BCUT2D eigenvalue weighted by molar-refractivity contribution is -0.384. The van der Waals surface area contributed by atoms with Gasteiger partial charge in [0.15, 0.2) is 0 Å². The van der Waals surface area contributed by atoms with Crippen molar-refractivity contribution >= 4 is 17.1 Å². The molecule has 0 radical (unpaired) electrons. The van der Waals surface area contributed by atoms with Crippen LogP contribution in [0.1, 0.15) is 13.3 Å². The molecule has 0 spiro atoms. The van der Waals surface area contributed by atoms with Crippen LogP contribution in [-0.2, 0) is 4.74 Å². The molecular weight excluding hydrogens is 262 g/mol. The van der Waals surface area contributed by atoms with Crippen LogP contribution in [0, 0.1) is 10.1 Å². The summed E-state index contributed by atoms with van der Waals surface area (Å²) >= 11 is 0. The summed E-state index contributed by atoms with van der Waals surface area (Å²) in [7, 11) is 1.57. The van der Waals surface area contributed by atoms with Gasteiger partial charge in [-0.1, -0.05) is 0 Å². The fourth-order valence-electron chi connectivity index (χ4n) is 1.90. The van der Waals surface area contributed by atoms with Crippen molar-refractivity contribution in [2.24, 2.45) is 0 Å². The smallest absolute Gasteiger partial charge is 0.273 e. The second-order valence-electron chi connectivity index (χ2n) is 4.36. The van der Waals surface area contributed by atoms with Gasteiger partial charge in [-0.3, -0.25) is 10.1 Å². The molecule has 0 fully saturated rings. The van der Waals surface area contributed by atoms with E-state index in [1.54, 1.807) is 13.2 Å². The fourth-order valence-corrected chi connectivity index (χ4v) is 1.90. The molecule has 3 N–H and O–H groups in total. The number of aliphatic hydroxyl groups is 1. The van der Waals surface area contributed by atoms with E-state index in [2.05, 4.69) is 10.6 Å². The Labute approximate surface area is 118 Å². The number of hydrogen-bond donors (Lipinski definition) is 3. The summed E-state index contributed by atoms with van der Waals surface area (Å²) < 4.78 is 5.06. The first-order valence-corrected chi connectivity index (χ1v) is 6.50. The third kappa shape index (κ3) is 5.02. The van der Waals surface area contributed by atoms with Crippen LogP contribution in [0.25, 0.3) is 0 Å². The summed E-state index contributed by atoms with van der Waals surface area (Å²) in [6.45, 7) is 3.04. The molecule has 112 valence electrons. The number of non-ortho nitro benzene ring substituents is 1. The van der Waals surface area contributed by atoms with E-state index < -0.39 is 4.92 Å². The molecule has 0 bridgehead atoms. The Morgan fingerprint density at radius 2 is 2.10 bits per heavy atom. The molecular formula is C13H21N3O4. The molecule has 0 aliphatic rings. The highest BCUT2D eigenvalue weighted by Crippen LogP contribution is 2.25. The molecule has 0 aliphatic carbocycles. The van der Waals surface area contributed by atoms with Crippen molar-refractivity contribution in [2.45, 2.75) is 19.4 Å². The Morgan fingerprint density at radius 3 is 2.65 bits per heavy atom. The van der Waals surface area contributed by atoms with Crippen molar-refractivity contribution in [3.63, 3.8) is 0 Å². The average Bonchev–Trinajstić information content (AvgIpc) is 2.39. The van der Waals surface area contributed by atoms with E-state index in [1.807, 2.05) is 6.92 Å². The van der Waals surface area contributed by atoms with Crippen molar-refractivity contribution in [3.8, 4) is 0 Å². The number of nitro groups is 1. The third-order valence-electron chi connectivity index (χ3n) is 2.73. The zero-order valence-electron chi connectivity index (χ0n) is 11.8. The Kier molecular flexibility index (Phi) is 6.75. The van der Waals surface area contributed by atoms with Gasteiger partial charge in [-0.15, -0.1) is 0 Å². The summed E-state index contributed by atoms with van der Waals surface area (Å²) in [5.74, 6) is 0. The zero-order valence-corrected chi connectivity index (χ0v) is 11.8. The minimum absolute atomic E-state index is 0.0196. The number of nitro benzene ring substituents is 1. The van der Waals surface area contributed by atoms with Gasteiger partial charge < -0.3 is 20.5 Å². The first-order valence-electron chi connectivity index (χ1n) is 6.50. The highest BCUT2D eigenvalue weighted by molar-refractivity contribution is 5.63. The quantitative estimate of drug-likeness (QED) is 0.472. The van der Waals surface area contributed by atoms with Crippen LogP contribution in [0.4, 0.5) is 17.1 Å². The van der Waals surface area contributed by atoms with Crippen LogP contribution in [0.5, 0.6) is 0 Å². The maximum absolute atomic E-state index is 10.9. The topological polar surface area (TPSA) is 96.7 Å². The Hall–Kier alpha value is -1.86. The zero-order chi connectivity index (χ0) is 15.0. The highest BCUT2D eigenvalue weighted by Gasteiger charge is 2.13. The second-order valence-corrected chi connectivity index (χ2v) is 4.36. The van der Waals surface area contributed by atoms with Crippen LogP contribution < -0.4 is 10.6 Å². The van der Waals surface area contributed by atoms with Crippen LogP contribution in [0.2, 0.25) is 0 Å². The van der Waals surface area contributed by atoms with Gasteiger partial charge in [-0.25, -0.2) is 0 Å².